The number of anilines is 1. The Morgan fingerprint density at radius 2 is 1.67 bits per heavy atom. The molecule has 1 aliphatic heterocycles. The van der Waals surface area contributed by atoms with Crippen molar-refractivity contribution in [2.24, 2.45) is 0 Å². The molecule has 3 aromatic carbocycles. The number of carbonyl (C=O) groups is 2. The third kappa shape index (κ3) is 7.20. The number of carbonyl (C=O) groups excluding carboxylic acids is 2. The fourth-order valence-electron chi connectivity index (χ4n) is 5.03. The highest BCUT2D eigenvalue weighted by Gasteiger charge is 2.35. The second-order valence-corrected chi connectivity index (χ2v) is 10.7. The van der Waals surface area contributed by atoms with Gasteiger partial charge in [-0.25, -0.2) is 0 Å². The van der Waals surface area contributed by atoms with Crippen LogP contribution in [0.1, 0.15) is 67.3 Å². The molecule has 0 radical (unpaired) electrons. The molecule has 1 heterocycles. The second-order valence-electron chi connectivity index (χ2n) is 10.7. The number of nitrogens with one attached hydrogen (secondary N) is 1. The Kier molecular flexibility index (Phi) is 8.95. The van der Waals surface area contributed by atoms with E-state index in [2.05, 4.69) is 24.4 Å². The van der Waals surface area contributed by atoms with E-state index < -0.39 is 5.60 Å². The number of hydrogen-bond donors (Lipinski definition) is 1. The van der Waals surface area contributed by atoms with Gasteiger partial charge in [-0.15, -0.1) is 0 Å². The summed E-state index contributed by atoms with van der Waals surface area (Å²) < 4.78 is 18.1. The molecule has 0 spiro atoms. The van der Waals surface area contributed by atoms with Crippen molar-refractivity contribution in [1.29, 1.82) is 0 Å². The molecule has 1 N–H and O–H groups in total. The lowest BCUT2D eigenvalue weighted by molar-refractivity contribution is -0.132. The molecule has 39 heavy (non-hydrogen) atoms. The fraction of sp³-hybridized carbons (Fsp3) is 0.394. The van der Waals surface area contributed by atoms with Gasteiger partial charge < -0.3 is 19.5 Å². The Bertz CT molecular complexity index is 1320. The minimum Gasteiger partial charge on any atom is -0.489 e. The van der Waals surface area contributed by atoms with Crippen molar-refractivity contribution >= 4 is 17.6 Å². The number of amides is 1. The van der Waals surface area contributed by atoms with Gasteiger partial charge >= 0.3 is 5.97 Å². The summed E-state index contributed by atoms with van der Waals surface area (Å²) in [7, 11) is 0. The lowest BCUT2D eigenvalue weighted by Crippen LogP contribution is -2.42. The number of benzene rings is 3. The number of aryl methyl sites for hydroxylation is 1. The lowest BCUT2D eigenvalue weighted by Gasteiger charge is -2.37. The Morgan fingerprint density at radius 3 is 2.36 bits per heavy atom. The number of ether oxygens (including phenoxy) is 3. The van der Waals surface area contributed by atoms with Gasteiger partial charge in [-0.2, -0.15) is 0 Å². The fourth-order valence-corrected chi connectivity index (χ4v) is 5.03. The SMILES string of the molecule is CC(=O)Oc1c(C)c(C)c2c(c1C)CCC(C)(COc1ccc(NC(=O)CCCCc3ccccc3)cc1)O2. The molecule has 4 rings (SSSR count). The second kappa shape index (κ2) is 12.4. The van der Waals surface area contributed by atoms with Crippen LogP contribution in [0.3, 0.4) is 0 Å². The van der Waals surface area contributed by atoms with Gasteiger partial charge in [-0.1, -0.05) is 30.3 Å². The third-order valence-corrected chi connectivity index (χ3v) is 7.45. The number of hydrogen-bond acceptors (Lipinski definition) is 5. The average Bonchev–Trinajstić information content (AvgIpc) is 2.92. The molecule has 1 amide bonds. The largest absolute Gasteiger partial charge is 0.489 e. The average molecular weight is 530 g/mol. The summed E-state index contributed by atoms with van der Waals surface area (Å²) in [5.74, 6) is 1.93. The quantitative estimate of drug-likeness (QED) is 0.173. The Hall–Kier alpha value is -3.80. The lowest BCUT2D eigenvalue weighted by atomic mass is 9.87. The Balaban J connectivity index is 1.28. The van der Waals surface area contributed by atoms with E-state index in [1.807, 2.05) is 63.2 Å². The van der Waals surface area contributed by atoms with E-state index in [0.29, 0.717) is 18.8 Å². The highest BCUT2D eigenvalue weighted by Crippen LogP contribution is 2.44. The minimum absolute atomic E-state index is 0.0244. The van der Waals surface area contributed by atoms with E-state index in [9.17, 15) is 9.59 Å². The zero-order valence-electron chi connectivity index (χ0n) is 23.7. The monoisotopic (exact) mass is 529 g/mol. The molecule has 206 valence electrons. The van der Waals surface area contributed by atoms with Crippen molar-refractivity contribution in [2.45, 2.75) is 78.7 Å². The molecule has 0 aliphatic carbocycles. The first-order valence-electron chi connectivity index (χ1n) is 13.7. The molecule has 1 unspecified atom stereocenters. The maximum atomic E-state index is 12.3. The molecule has 3 aromatic rings. The van der Waals surface area contributed by atoms with Gasteiger partial charge in [-0.3, -0.25) is 9.59 Å². The first-order valence-corrected chi connectivity index (χ1v) is 13.7. The van der Waals surface area contributed by atoms with Gasteiger partial charge in [0.05, 0.1) is 0 Å². The Labute approximate surface area is 231 Å². The molecule has 0 aromatic heterocycles. The van der Waals surface area contributed by atoms with E-state index in [4.69, 9.17) is 14.2 Å². The van der Waals surface area contributed by atoms with Crippen LogP contribution >= 0.6 is 0 Å². The predicted octanol–water partition coefficient (Wildman–Crippen LogP) is 7.05. The van der Waals surface area contributed by atoms with Crippen LogP contribution in [0.25, 0.3) is 0 Å². The van der Waals surface area contributed by atoms with Gasteiger partial charge in [0.25, 0.3) is 0 Å². The van der Waals surface area contributed by atoms with Crippen molar-refractivity contribution in [1.82, 2.24) is 0 Å². The number of rotatable bonds is 10. The molecule has 6 heteroatoms. The van der Waals surface area contributed by atoms with Gasteiger partial charge in [0.15, 0.2) is 0 Å². The Morgan fingerprint density at radius 1 is 0.949 bits per heavy atom. The zero-order chi connectivity index (χ0) is 28.0. The van der Waals surface area contributed by atoms with Crippen LogP contribution in [0, 0.1) is 20.8 Å². The van der Waals surface area contributed by atoms with Crippen molar-refractivity contribution in [3.8, 4) is 17.2 Å². The number of esters is 1. The highest BCUT2D eigenvalue weighted by molar-refractivity contribution is 5.90. The van der Waals surface area contributed by atoms with Crippen LogP contribution in [0.5, 0.6) is 17.2 Å². The van der Waals surface area contributed by atoms with E-state index >= 15 is 0 Å². The first kappa shape index (κ1) is 28.2. The third-order valence-electron chi connectivity index (χ3n) is 7.45. The normalized spacial score (nSPS) is 16.1. The topological polar surface area (TPSA) is 73.9 Å². The molecular weight excluding hydrogens is 490 g/mol. The molecule has 1 aliphatic rings. The van der Waals surface area contributed by atoms with Crippen LogP contribution in [0.15, 0.2) is 54.6 Å². The van der Waals surface area contributed by atoms with Crippen molar-refractivity contribution in [3.63, 3.8) is 0 Å². The highest BCUT2D eigenvalue weighted by atomic mass is 16.5. The van der Waals surface area contributed by atoms with E-state index in [0.717, 1.165) is 71.5 Å². The van der Waals surface area contributed by atoms with Crippen molar-refractivity contribution in [2.75, 3.05) is 11.9 Å². The van der Waals surface area contributed by atoms with Crippen molar-refractivity contribution in [3.05, 3.63) is 82.4 Å². The number of fused-ring (bicyclic) bond motifs is 1. The molecule has 0 fully saturated rings. The van der Waals surface area contributed by atoms with Crippen molar-refractivity contribution < 1.29 is 23.8 Å². The summed E-state index contributed by atoms with van der Waals surface area (Å²) in [4.78, 5) is 24.0. The molecular formula is C33H39NO5. The first-order chi connectivity index (χ1) is 18.6. The summed E-state index contributed by atoms with van der Waals surface area (Å²) in [6.45, 7) is 9.82. The van der Waals surface area contributed by atoms with E-state index in [1.54, 1.807) is 0 Å². The molecule has 6 nitrogen and oxygen atoms in total. The molecule has 0 bridgehead atoms. The van der Waals surface area contributed by atoms with Gasteiger partial charge in [-0.05, 0) is 106 Å². The predicted molar refractivity (Wildman–Crippen MR) is 154 cm³/mol. The minimum atomic E-state index is -0.494. The summed E-state index contributed by atoms with van der Waals surface area (Å²) in [6, 6.07) is 17.8. The van der Waals surface area contributed by atoms with Gasteiger partial charge in [0.2, 0.25) is 5.91 Å². The molecule has 1 atom stereocenters. The number of unbranched alkanes of at least 4 members (excludes halogenated alkanes) is 1. The zero-order valence-corrected chi connectivity index (χ0v) is 23.7. The molecule has 0 saturated carbocycles. The maximum absolute atomic E-state index is 12.3. The van der Waals surface area contributed by atoms with E-state index in [-0.39, 0.29) is 11.9 Å². The van der Waals surface area contributed by atoms with E-state index in [1.165, 1.54) is 12.5 Å². The smallest absolute Gasteiger partial charge is 0.308 e. The van der Waals surface area contributed by atoms with Gasteiger partial charge in [0, 0.05) is 24.6 Å². The van der Waals surface area contributed by atoms with Gasteiger partial charge in [0.1, 0.15) is 29.5 Å². The van der Waals surface area contributed by atoms with Crippen LogP contribution in [-0.4, -0.2) is 24.1 Å². The molecule has 0 saturated heterocycles. The van der Waals surface area contributed by atoms with Crippen LogP contribution < -0.4 is 19.5 Å². The summed E-state index contributed by atoms with van der Waals surface area (Å²) >= 11 is 0. The van der Waals surface area contributed by atoms with Crippen LogP contribution in [0.4, 0.5) is 5.69 Å². The summed E-state index contributed by atoms with van der Waals surface area (Å²) in [5.41, 5.74) is 5.52. The summed E-state index contributed by atoms with van der Waals surface area (Å²) in [5, 5.41) is 2.97. The summed E-state index contributed by atoms with van der Waals surface area (Å²) in [6.07, 6.45) is 4.92. The van der Waals surface area contributed by atoms with Crippen LogP contribution in [0.2, 0.25) is 0 Å². The van der Waals surface area contributed by atoms with Crippen LogP contribution in [-0.2, 0) is 22.4 Å². The standard InChI is InChI=1S/C33H39NO5/c1-22-23(2)32-29(24(3)31(22)38-25(4)35)19-20-33(5,39-32)21-37-28-17-15-27(16-18-28)34-30(36)14-10-9-13-26-11-7-6-8-12-26/h6-8,11-12,15-18H,9-10,13-14,19-21H2,1-5H3,(H,34,36). The maximum Gasteiger partial charge on any atom is 0.308 e.